The first kappa shape index (κ1) is 13.9. The molecule has 0 radical (unpaired) electrons. The molecule has 0 amide bonds. The highest BCUT2D eigenvalue weighted by atomic mass is 14.0. The minimum absolute atomic E-state index is 1.12. The molecule has 2 aromatic carbocycles. The summed E-state index contributed by atoms with van der Waals surface area (Å²) < 4.78 is 0. The Kier molecular flexibility index (Phi) is 5.20. The van der Waals surface area contributed by atoms with E-state index in [1.54, 1.807) is 0 Å². The highest BCUT2D eigenvalue weighted by molar-refractivity contribution is 5.26. The van der Waals surface area contributed by atoms with Crippen LogP contribution in [0.4, 0.5) is 0 Å². The maximum absolute atomic E-state index is 2.28. The van der Waals surface area contributed by atoms with E-state index in [1.165, 1.54) is 35.1 Å². The van der Waals surface area contributed by atoms with Crippen LogP contribution in [0.15, 0.2) is 48.5 Å². The lowest BCUT2D eigenvalue weighted by atomic mass is 10.0. The highest BCUT2D eigenvalue weighted by Crippen LogP contribution is 2.11. The molecule has 0 bridgehead atoms. The van der Waals surface area contributed by atoms with E-state index >= 15 is 0 Å². The smallest absolute Gasteiger partial charge is 0.0238 e. The van der Waals surface area contributed by atoms with Crippen LogP contribution in [0.25, 0.3) is 0 Å². The molecule has 0 N–H and O–H groups in total. The van der Waals surface area contributed by atoms with E-state index in [4.69, 9.17) is 0 Å². The molecular weight excluding hydrogens is 228 g/mol. The van der Waals surface area contributed by atoms with Crippen molar-refractivity contribution in [3.05, 3.63) is 70.8 Å². The van der Waals surface area contributed by atoms with E-state index < -0.39 is 0 Å². The molecule has 100 valence electrons. The van der Waals surface area contributed by atoms with Gasteiger partial charge >= 0.3 is 0 Å². The molecule has 0 fully saturated rings. The van der Waals surface area contributed by atoms with Crippen LogP contribution in [-0.2, 0) is 25.7 Å². The predicted molar refractivity (Wildman–Crippen MR) is 83.7 cm³/mol. The van der Waals surface area contributed by atoms with Gasteiger partial charge in [0.1, 0.15) is 0 Å². The zero-order chi connectivity index (χ0) is 13.5. The number of rotatable bonds is 6. The molecule has 0 saturated heterocycles. The van der Waals surface area contributed by atoms with Crippen LogP contribution < -0.4 is 0 Å². The van der Waals surface area contributed by atoms with Gasteiger partial charge in [0.25, 0.3) is 0 Å². The molecule has 0 unspecified atom stereocenters. The van der Waals surface area contributed by atoms with Gasteiger partial charge in [-0.2, -0.15) is 0 Å². The van der Waals surface area contributed by atoms with Crippen LogP contribution in [-0.4, -0.2) is 0 Å². The molecule has 2 rings (SSSR count). The SMILES string of the molecule is CCCc1ccc(CCc2ccc(CC)cc2)cc1. The Balaban J connectivity index is 1.90. The van der Waals surface area contributed by atoms with Crippen LogP contribution >= 0.6 is 0 Å². The summed E-state index contributed by atoms with van der Waals surface area (Å²) in [4.78, 5) is 0. The van der Waals surface area contributed by atoms with Crippen molar-refractivity contribution in [3.63, 3.8) is 0 Å². The normalized spacial score (nSPS) is 10.6. The summed E-state index contributed by atoms with van der Waals surface area (Å²) in [5.41, 5.74) is 5.76. The van der Waals surface area contributed by atoms with Gasteiger partial charge in [-0.05, 0) is 47.9 Å². The molecule has 0 atom stereocenters. The third-order valence-electron chi connectivity index (χ3n) is 3.70. The van der Waals surface area contributed by atoms with Gasteiger partial charge in [-0.25, -0.2) is 0 Å². The van der Waals surface area contributed by atoms with Gasteiger partial charge in [-0.3, -0.25) is 0 Å². The van der Waals surface area contributed by atoms with Gasteiger partial charge in [0.05, 0.1) is 0 Å². The number of aryl methyl sites for hydroxylation is 4. The molecule has 0 saturated carbocycles. The second-order valence-corrected chi connectivity index (χ2v) is 5.24. The Morgan fingerprint density at radius 3 is 1.26 bits per heavy atom. The predicted octanol–water partition coefficient (Wildman–Crippen LogP) is 4.99. The third-order valence-corrected chi connectivity index (χ3v) is 3.70. The lowest BCUT2D eigenvalue weighted by Crippen LogP contribution is -1.92. The number of benzene rings is 2. The van der Waals surface area contributed by atoms with Crippen molar-refractivity contribution >= 4 is 0 Å². The van der Waals surface area contributed by atoms with E-state index in [1.807, 2.05) is 0 Å². The van der Waals surface area contributed by atoms with Crippen molar-refractivity contribution in [2.24, 2.45) is 0 Å². The monoisotopic (exact) mass is 252 g/mol. The lowest BCUT2D eigenvalue weighted by Gasteiger charge is -2.05. The quantitative estimate of drug-likeness (QED) is 0.679. The Labute approximate surface area is 117 Å². The fourth-order valence-electron chi connectivity index (χ4n) is 2.39. The molecule has 0 aliphatic rings. The van der Waals surface area contributed by atoms with E-state index in [2.05, 4.69) is 62.4 Å². The molecule has 0 nitrogen and oxygen atoms in total. The van der Waals surface area contributed by atoms with Gasteiger partial charge in [0.15, 0.2) is 0 Å². The molecule has 0 heterocycles. The van der Waals surface area contributed by atoms with Crippen molar-refractivity contribution in [2.45, 2.75) is 46.0 Å². The van der Waals surface area contributed by atoms with Gasteiger partial charge in [0, 0.05) is 0 Å². The molecule has 0 aromatic heterocycles. The van der Waals surface area contributed by atoms with E-state index in [0.29, 0.717) is 0 Å². The Morgan fingerprint density at radius 1 is 0.526 bits per heavy atom. The van der Waals surface area contributed by atoms with E-state index in [9.17, 15) is 0 Å². The summed E-state index contributed by atoms with van der Waals surface area (Å²) in [6.07, 6.45) is 5.82. The number of hydrogen-bond donors (Lipinski definition) is 0. The third kappa shape index (κ3) is 4.24. The zero-order valence-corrected chi connectivity index (χ0v) is 12.2. The topological polar surface area (TPSA) is 0 Å². The van der Waals surface area contributed by atoms with Crippen molar-refractivity contribution < 1.29 is 0 Å². The fourth-order valence-corrected chi connectivity index (χ4v) is 2.39. The molecule has 19 heavy (non-hydrogen) atoms. The first-order valence-corrected chi connectivity index (χ1v) is 7.47. The Hall–Kier alpha value is -1.56. The van der Waals surface area contributed by atoms with Crippen LogP contribution in [0.3, 0.4) is 0 Å². The summed E-state index contributed by atoms with van der Waals surface area (Å²) >= 11 is 0. The summed E-state index contributed by atoms with van der Waals surface area (Å²) in [5.74, 6) is 0. The van der Waals surface area contributed by atoms with Crippen molar-refractivity contribution in [1.29, 1.82) is 0 Å². The highest BCUT2D eigenvalue weighted by Gasteiger charge is 1.97. The average molecular weight is 252 g/mol. The van der Waals surface area contributed by atoms with Gasteiger partial charge < -0.3 is 0 Å². The second-order valence-electron chi connectivity index (χ2n) is 5.24. The number of hydrogen-bond acceptors (Lipinski definition) is 0. The van der Waals surface area contributed by atoms with Crippen LogP contribution in [0.5, 0.6) is 0 Å². The molecule has 0 spiro atoms. The largest absolute Gasteiger partial charge is 0.0651 e. The molecule has 0 aliphatic heterocycles. The summed E-state index contributed by atoms with van der Waals surface area (Å²) in [6, 6.07) is 18.2. The van der Waals surface area contributed by atoms with Crippen LogP contribution in [0.1, 0.15) is 42.5 Å². The molecule has 2 aromatic rings. The Morgan fingerprint density at radius 2 is 0.895 bits per heavy atom. The minimum Gasteiger partial charge on any atom is -0.0651 e. The van der Waals surface area contributed by atoms with Gasteiger partial charge in [-0.1, -0.05) is 68.8 Å². The molecular formula is C19H24. The standard InChI is InChI=1S/C19H24/c1-3-5-17-10-12-19(13-11-17)15-14-18-8-6-16(4-2)7-9-18/h6-13H,3-5,14-15H2,1-2H3. The van der Waals surface area contributed by atoms with Crippen molar-refractivity contribution in [2.75, 3.05) is 0 Å². The van der Waals surface area contributed by atoms with E-state index in [0.717, 1.165) is 19.3 Å². The second kappa shape index (κ2) is 7.13. The molecule has 0 aliphatic carbocycles. The van der Waals surface area contributed by atoms with E-state index in [-0.39, 0.29) is 0 Å². The zero-order valence-electron chi connectivity index (χ0n) is 12.2. The van der Waals surface area contributed by atoms with Gasteiger partial charge in [-0.15, -0.1) is 0 Å². The molecule has 0 heteroatoms. The van der Waals surface area contributed by atoms with Crippen molar-refractivity contribution in [1.82, 2.24) is 0 Å². The first-order chi connectivity index (χ1) is 9.31. The maximum Gasteiger partial charge on any atom is -0.0238 e. The van der Waals surface area contributed by atoms with Crippen LogP contribution in [0, 0.1) is 0 Å². The Bertz CT molecular complexity index is 476. The summed E-state index contributed by atoms with van der Waals surface area (Å²) in [6.45, 7) is 4.43. The first-order valence-electron chi connectivity index (χ1n) is 7.47. The minimum atomic E-state index is 1.12. The van der Waals surface area contributed by atoms with Crippen LogP contribution in [0.2, 0.25) is 0 Å². The lowest BCUT2D eigenvalue weighted by molar-refractivity contribution is 0.914. The summed E-state index contributed by atoms with van der Waals surface area (Å²) in [7, 11) is 0. The van der Waals surface area contributed by atoms with Gasteiger partial charge in [0.2, 0.25) is 0 Å². The van der Waals surface area contributed by atoms with Crippen molar-refractivity contribution in [3.8, 4) is 0 Å². The average Bonchev–Trinajstić information content (AvgIpc) is 2.47. The fraction of sp³-hybridized carbons (Fsp3) is 0.368. The summed E-state index contributed by atoms with van der Waals surface area (Å²) in [5, 5.41) is 0. The maximum atomic E-state index is 2.28.